The Hall–Kier alpha value is -1.89. The highest BCUT2D eigenvalue weighted by Gasteiger charge is 2.40. The van der Waals surface area contributed by atoms with Gasteiger partial charge in [-0.2, -0.15) is 12.6 Å². The fourth-order valence-corrected chi connectivity index (χ4v) is 0.948. The zero-order chi connectivity index (χ0) is 16.5. The molecule has 0 aliphatic carbocycles. The van der Waals surface area contributed by atoms with Gasteiger partial charge >= 0.3 is 23.9 Å². The zero-order valence-corrected chi connectivity index (χ0v) is 11.5. The number of aliphatic carboxylic acids is 4. The Morgan fingerprint density at radius 1 is 1.00 bits per heavy atom. The first-order valence-electron chi connectivity index (χ1n) is 4.95. The molecule has 0 saturated heterocycles. The van der Waals surface area contributed by atoms with Crippen molar-refractivity contribution in [2.75, 3.05) is 5.75 Å². The van der Waals surface area contributed by atoms with Crippen LogP contribution in [0.2, 0.25) is 0 Å². The van der Waals surface area contributed by atoms with Crippen molar-refractivity contribution < 1.29 is 50.2 Å². The average molecular weight is 331 g/mol. The minimum atomic E-state index is -2.74. The van der Waals surface area contributed by atoms with Crippen LogP contribution in [0.3, 0.4) is 0 Å². The van der Waals surface area contributed by atoms with Crippen LogP contribution in [0, 0.1) is 0 Å². The number of carboxylic acids is 4. The van der Waals surface area contributed by atoms with Gasteiger partial charge in [0.2, 0.25) is 0 Å². The summed E-state index contributed by atoms with van der Waals surface area (Å²) in [6.07, 6.45) is -2.29. The van der Waals surface area contributed by atoms with Crippen LogP contribution in [0.4, 0.5) is 0 Å². The summed E-state index contributed by atoms with van der Waals surface area (Å²) < 4.78 is 0. The predicted molar refractivity (Wildman–Crippen MR) is 70.2 cm³/mol. The lowest BCUT2D eigenvalue weighted by atomic mass is 9.96. The first-order valence-corrected chi connectivity index (χ1v) is 5.58. The maximum absolute atomic E-state index is 10.3. The fourth-order valence-electron chi connectivity index (χ4n) is 0.792. The molecule has 0 rings (SSSR count). The van der Waals surface area contributed by atoms with E-state index in [4.69, 9.17) is 31.3 Å². The van der Waals surface area contributed by atoms with Crippen molar-refractivity contribution in [2.24, 2.45) is 5.73 Å². The highest BCUT2D eigenvalue weighted by atomic mass is 32.1. The maximum Gasteiger partial charge on any atom is 0.336 e. The SMILES string of the molecule is N[C@@H](CS)C(=O)O.O.O=C(O)CC(O)(CC(=O)O)C(=O)O. The highest BCUT2D eigenvalue weighted by Crippen LogP contribution is 2.15. The van der Waals surface area contributed by atoms with Gasteiger partial charge in [-0.1, -0.05) is 0 Å². The Morgan fingerprint density at radius 2 is 1.33 bits per heavy atom. The highest BCUT2D eigenvalue weighted by molar-refractivity contribution is 7.80. The Bertz CT molecular complexity index is 369. The molecule has 0 aliphatic rings. The van der Waals surface area contributed by atoms with Gasteiger partial charge in [0.25, 0.3) is 0 Å². The minimum absolute atomic E-state index is 0. The number of hydrogen-bond donors (Lipinski definition) is 7. The Kier molecular flexibility index (Phi) is 12.5. The first-order chi connectivity index (χ1) is 8.96. The summed E-state index contributed by atoms with van der Waals surface area (Å²) in [7, 11) is 0. The smallest absolute Gasteiger partial charge is 0.336 e. The first kappa shape index (κ1) is 24.1. The van der Waals surface area contributed by atoms with E-state index in [1.165, 1.54) is 0 Å². The second-order valence-electron chi connectivity index (χ2n) is 3.61. The molecule has 124 valence electrons. The van der Waals surface area contributed by atoms with Crippen molar-refractivity contribution in [3.63, 3.8) is 0 Å². The molecule has 1 atom stereocenters. The summed E-state index contributed by atoms with van der Waals surface area (Å²) in [5.74, 6) is -5.83. The molecule has 0 spiro atoms. The van der Waals surface area contributed by atoms with Crippen LogP contribution >= 0.6 is 12.6 Å². The number of rotatable bonds is 7. The fraction of sp³-hybridized carbons (Fsp3) is 0.556. The van der Waals surface area contributed by atoms with Crippen LogP contribution in [0.15, 0.2) is 0 Å². The molecule has 0 aromatic heterocycles. The molecule has 12 heteroatoms. The molecule has 0 aromatic rings. The largest absolute Gasteiger partial charge is 0.481 e. The van der Waals surface area contributed by atoms with E-state index in [0.717, 1.165) is 0 Å². The van der Waals surface area contributed by atoms with Crippen molar-refractivity contribution in [2.45, 2.75) is 24.5 Å². The van der Waals surface area contributed by atoms with E-state index in [1.54, 1.807) is 0 Å². The monoisotopic (exact) mass is 331 g/mol. The molecule has 0 bridgehead atoms. The molecule has 0 aromatic carbocycles. The van der Waals surface area contributed by atoms with Gasteiger partial charge in [0.1, 0.15) is 6.04 Å². The van der Waals surface area contributed by atoms with Crippen LogP contribution < -0.4 is 5.73 Å². The van der Waals surface area contributed by atoms with Gasteiger partial charge in [-0.05, 0) is 0 Å². The topological polar surface area (TPSA) is 227 Å². The Morgan fingerprint density at radius 3 is 1.43 bits per heavy atom. The van der Waals surface area contributed by atoms with Crippen LogP contribution in [0.1, 0.15) is 12.8 Å². The Labute approximate surface area is 123 Å². The number of thiol groups is 1. The van der Waals surface area contributed by atoms with Gasteiger partial charge in [-0.15, -0.1) is 0 Å². The predicted octanol–water partition coefficient (Wildman–Crippen LogP) is -2.75. The van der Waals surface area contributed by atoms with E-state index in [0.29, 0.717) is 0 Å². The third kappa shape index (κ3) is 11.6. The summed E-state index contributed by atoms with van der Waals surface area (Å²) >= 11 is 3.65. The van der Waals surface area contributed by atoms with E-state index in [9.17, 15) is 19.2 Å². The normalized spacial score (nSPS) is 11.2. The van der Waals surface area contributed by atoms with E-state index in [1.807, 2.05) is 0 Å². The average Bonchev–Trinajstić information content (AvgIpc) is 2.26. The van der Waals surface area contributed by atoms with Gasteiger partial charge in [0.15, 0.2) is 5.60 Å². The molecular formula is C9H17NO10S. The second kappa shape index (κ2) is 10.8. The quantitative estimate of drug-likeness (QED) is 0.238. The van der Waals surface area contributed by atoms with Gasteiger partial charge < -0.3 is 36.7 Å². The molecular weight excluding hydrogens is 314 g/mol. The van der Waals surface area contributed by atoms with Crippen molar-refractivity contribution in [1.82, 2.24) is 0 Å². The van der Waals surface area contributed by atoms with Crippen LogP contribution in [0.5, 0.6) is 0 Å². The number of carboxylic acid groups (broad SMARTS) is 4. The molecule has 0 heterocycles. The van der Waals surface area contributed by atoms with Crippen molar-refractivity contribution >= 4 is 36.5 Å². The third-order valence-electron chi connectivity index (χ3n) is 1.80. The van der Waals surface area contributed by atoms with Crippen LogP contribution in [-0.2, 0) is 19.2 Å². The van der Waals surface area contributed by atoms with Crippen LogP contribution in [0.25, 0.3) is 0 Å². The van der Waals surface area contributed by atoms with E-state index < -0.39 is 48.4 Å². The lowest BCUT2D eigenvalue weighted by Crippen LogP contribution is -2.42. The number of carbonyl (C=O) groups is 4. The molecule has 0 amide bonds. The lowest BCUT2D eigenvalue weighted by Gasteiger charge is -2.18. The zero-order valence-electron chi connectivity index (χ0n) is 10.6. The number of nitrogens with two attached hydrogens (primary N) is 1. The summed E-state index contributed by atoms with van der Waals surface area (Å²) in [4.78, 5) is 40.2. The lowest BCUT2D eigenvalue weighted by molar-refractivity contribution is -0.170. The van der Waals surface area contributed by atoms with Crippen molar-refractivity contribution in [3.05, 3.63) is 0 Å². The van der Waals surface area contributed by atoms with E-state index >= 15 is 0 Å². The summed E-state index contributed by atoms with van der Waals surface area (Å²) in [5.41, 5.74) is 2.20. The van der Waals surface area contributed by atoms with E-state index in [2.05, 4.69) is 12.6 Å². The van der Waals surface area contributed by atoms with Gasteiger partial charge in [0, 0.05) is 5.75 Å². The molecule has 0 radical (unpaired) electrons. The minimum Gasteiger partial charge on any atom is -0.481 e. The standard InChI is InChI=1S/C6H8O7.C3H7NO2S.H2O/c7-3(8)1-6(13,5(11)12)2-4(9)10;4-2(1-7)3(5)6;/h13H,1-2H2,(H,7,8)(H,9,10)(H,11,12);2,7H,1,4H2,(H,5,6);1H2/t;2-;/m.0./s1. The van der Waals surface area contributed by atoms with Gasteiger partial charge in [0.05, 0.1) is 12.8 Å². The molecule has 21 heavy (non-hydrogen) atoms. The molecule has 0 fully saturated rings. The summed E-state index contributed by atoms with van der Waals surface area (Å²) in [6, 6.07) is -0.816. The van der Waals surface area contributed by atoms with Crippen molar-refractivity contribution in [3.8, 4) is 0 Å². The molecule has 11 nitrogen and oxygen atoms in total. The van der Waals surface area contributed by atoms with Crippen LogP contribution in [-0.4, -0.2) is 72.3 Å². The van der Waals surface area contributed by atoms with Crippen molar-refractivity contribution in [1.29, 1.82) is 0 Å². The molecule has 0 unspecified atom stereocenters. The summed E-state index contributed by atoms with van der Waals surface area (Å²) in [5, 5.41) is 41.8. The molecule has 0 aliphatic heterocycles. The third-order valence-corrected chi connectivity index (χ3v) is 2.19. The van der Waals surface area contributed by atoms with Gasteiger partial charge in [-0.25, -0.2) is 4.79 Å². The molecule has 9 N–H and O–H groups in total. The maximum atomic E-state index is 10.3. The molecule has 0 saturated carbocycles. The number of hydrogen-bond acceptors (Lipinski definition) is 7. The second-order valence-corrected chi connectivity index (χ2v) is 3.97. The van der Waals surface area contributed by atoms with E-state index in [-0.39, 0.29) is 11.2 Å². The van der Waals surface area contributed by atoms with Gasteiger partial charge in [-0.3, -0.25) is 14.4 Å². The number of aliphatic hydroxyl groups is 1. The Balaban J connectivity index is -0.000000347. The summed E-state index contributed by atoms with van der Waals surface area (Å²) in [6.45, 7) is 0.